The minimum absolute atomic E-state index is 0.260. The minimum atomic E-state index is -1.13. The van der Waals surface area contributed by atoms with Gasteiger partial charge in [0.15, 0.2) is 5.79 Å². The fraction of sp³-hybridized carbons (Fsp3) is 0.625. The number of nitrogens with zero attached hydrogens (tertiary/aromatic N) is 1. The number of carbonyl (C=O) groups is 2. The van der Waals surface area contributed by atoms with Crippen molar-refractivity contribution in [1.29, 1.82) is 0 Å². The Labute approximate surface area is 138 Å². The maximum Gasteiger partial charge on any atom is 0.410 e. The molecule has 0 aromatic heterocycles. The van der Waals surface area contributed by atoms with Gasteiger partial charge in [-0.2, -0.15) is 0 Å². The number of urea groups is 1. The Hall–Kier alpha value is -2.18. The van der Waals surface area contributed by atoms with Gasteiger partial charge in [-0.05, 0) is 26.2 Å². The molecular weight excluding hydrogens is 296 g/mol. The number of carbonyl (C=O) groups excluding carboxylic acids is 2. The average Bonchev–Trinajstić information content (AvgIpc) is 2.56. The van der Waals surface area contributed by atoms with Gasteiger partial charge < -0.3 is 15.4 Å². The van der Waals surface area contributed by atoms with E-state index in [-0.39, 0.29) is 6.03 Å². The molecule has 1 heterocycles. The van der Waals surface area contributed by atoms with Crippen LogP contribution in [-0.4, -0.2) is 43.0 Å². The number of hydrogen-bond donors (Lipinski definition) is 3. The van der Waals surface area contributed by atoms with Gasteiger partial charge in [-0.15, -0.1) is 0 Å². The van der Waals surface area contributed by atoms with E-state index in [9.17, 15) is 9.59 Å². The maximum absolute atomic E-state index is 12.6. The van der Waals surface area contributed by atoms with Crippen molar-refractivity contribution in [2.75, 3.05) is 20.2 Å². The summed E-state index contributed by atoms with van der Waals surface area (Å²) in [7, 11) is 1.29. The van der Waals surface area contributed by atoms with Crippen LogP contribution in [0.3, 0.4) is 0 Å². The van der Waals surface area contributed by atoms with Crippen LogP contribution in [0.5, 0.6) is 0 Å². The summed E-state index contributed by atoms with van der Waals surface area (Å²) < 4.78 is 4.69. The molecule has 7 heteroatoms. The van der Waals surface area contributed by atoms with Gasteiger partial charge >= 0.3 is 12.1 Å². The van der Waals surface area contributed by atoms with E-state index in [1.54, 1.807) is 6.92 Å². The van der Waals surface area contributed by atoms with Crippen LogP contribution >= 0.6 is 0 Å². The van der Waals surface area contributed by atoms with Crippen LogP contribution in [0.1, 0.15) is 39.5 Å². The zero-order valence-electron chi connectivity index (χ0n) is 14.3. The number of hydrogen-bond acceptors (Lipinski definition) is 4. The van der Waals surface area contributed by atoms with E-state index >= 15 is 0 Å². The summed E-state index contributed by atoms with van der Waals surface area (Å²) in [5.41, 5.74) is 0.738. The zero-order chi connectivity index (χ0) is 17.3. The molecule has 1 unspecified atom stereocenters. The van der Waals surface area contributed by atoms with Gasteiger partial charge in [0, 0.05) is 18.8 Å². The number of allylic oxidation sites excluding steroid dienone is 2. The lowest BCUT2D eigenvalue weighted by Gasteiger charge is -2.42. The van der Waals surface area contributed by atoms with Gasteiger partial charge in [0.2, 0.25) is 0 Å². The molecule has 0 saturated carbocycles. The molecule has 0 aromatic rings. The van der Waals surface area contributed by atoms with Crippen LogP contribution in [0.25, 0.3) is 0 Å². The molecule has 23 heavy (non-hydrogen) atoms. The second kappa shape index (κ2) is 9.07. The summed E-state index contributed by atoms with van der Waals surface area (Å²) >= 11 is 0. The fourth-order valence-electron chi connectivity index (χ4n) is 2.31. The lowest BCUT2D eigenvalue weighted by atomic mass is 10.2. The third-order valence-electron chi connectivity index (χ3n) is 3.61. The Balaban J connectivity index is 3.00. The molecule has 3 amide bonds. The van der Waals surface area contributed by atoms with Crippen molar-refractivity contribution in [3.63, 3.8) is 0 Å². The van der Waals surface area contributed by atoms with Crippen molar-refractivity contribution in [2.45, 2.75) is 45.3 Å². The summed E-state index contributed by atoms with van der Waals surface area (Å²) in [4.78, 5) is 25.8. The monoisotopic (exact) mass is 324 g/mol. The van der Waals surface area contributed by atoms with E-state index in [0.717, 1.165) is 31.4 Å². The summed E-state index contributed by atoms with van der Waals surface area (Å²) in [5, 5.41) is 8.71. The molecule has 130 valence electrons. The number of methoxy groups -OCH3 is 1. The van der Waals surface area contributed by atoms with E-state index in [4.69, 9.17) is 0 Å². The lowest BCUT2D eigenvalue weighted by Crippen LogP contribution is -2.69. The first-order valence-corrected chi connectivity index (χ1v) is 7.95. The van der Waals surface area contributed by atoms with Crippen LogP contribution in [0.4, 0.5) is 9.59 Å². The smallest absolute Gasteiger partial charge is 0.410 e. The normalized spacial score (nSPS) is 22.9. The van der Waals surface area contributed by atoms with Gasteiger partial charge in [-0.25, -0.2) is 9.59 Å². The number of amides is 3. The summed E-state index contributed by atoms with van der Waals surface area (Å²) in [6.45, 7) is 8.68. The van der Waals surface area contributed by atoms with Crippen molar-refractivity contribution in [3.05, 3.63) is 24.4 Å². The predicted molar refractivity (Wildman–Crippen MR) is 89.6 cm³/mol. The van der Waals surface area contributed by atoms with Crippen molar-refractivity contribution < 1.29 is 14.3 Å². The SMILES string of the molecule is C=C1CC/C=C\CN(C(=O)NCCCC)C(C)(NC(=O)OC)N1. The molecular formula is C16H28N4O3. The molecule has 0 saturated heterocycles. The second-order valence-electron chi connectivity index (χ2n) is 5.62. The molecule has 1 rings (SSSR count). The van der Waals surface area contributed by atoms with E-state index in [1.165, 1.54) is 12.0 Å². The van der Waals surface area contributed by atoms with Gasteiger partial charge in [0.05, 0.1) is 7.11 Å². The third kappa shape index (κ3) is 5.84. The van der Waals surface area contributed by atoms with Gasteiger partial charge in [0.25, 0.3) is 0 Å². The van der Waals surface area contributed by atoms with Crippen molar-refractivity contribution in [2.24, 2.45) is 0 Å². The van der Waals surface area contributed by atoms with Crippen LogP contribution in [0.2, 0.25) is 0 Å². The number of unbranched alkanes of at least 4 members (excludes halogenated alkanes) is 1. The van der Waals surface area contributed by atoms with Crippen molar-refractivity contribution >= 4 is 12.1 Å². The molecule has 0 aromatic carbocycles. The van der Waals surface area contributed by atoms with Crippen LogP contribution in [-0.2, 0) is 4.74 Å². The largest absolute Gasteiger partial charge is 0.453 e. The molecule has 1 aliphatic heterocycles. The Bertz CT molecular complexity index is 464. The molecule has 3 N–H and O–H groups in total. The van der Waals surface area contributed by atoms with E-state index in [0.29, 0.717) is 13.1 Å². The minimum Gasteiger partial charge on any atom is -0.453 e. The Morgan fingerprint density at radius 3 is 2.87 bits per heavy atom. The van der Waals surface area contributed by atoms with E-state index < -0.39 is 11.9 Å². The summed E-state index contributed by atoms with van der Waals surface area (Å²) in [6, 6.07) is -0.260. The highest BCUT2D eigenvalue weighted by Crippen LogP contribution is 2.16. The summed E-state index contributed by atoms with van der Waals surface area (Å²) in [6.07, 6.45) is 6.73. The highest BCUT2D eigenvalue weighted by molar-refractivity contribution is 5.76. The average molecular weight is 324 g/mol. The maximum atomic E-state index is 12.6. The summed E-state index contributed by atoms with van der Waals surface area (Å²) in [5.74, 6) is -1.13. The van der Waals surface area contributed by atoms with Crippen molar-refractivity contribution in [3.8, 4) is 0 Å². The molecule has 0 aliphatic carbocycles. The Kier molecular flexibility index (Phi) is 7.44. The van der Waals surface area contributed by atoms with Crippen LogP contribution in [0, 0.1) is 0 Å². The molecule has 1 atom stereocenters. The second-order valence-corrected chi connectivity index (χ2v) is 5.62. The topological polar surface area (TPSA) is 82.7 Å². The van der Waals surface area contributed by atoms with Crippen LogP contribution < -0.4 is 16.0 Å². The molecule has 0 fully saturated rings. The number of rotatable bonds is 4. The first kappa shape index (κ1) is 18.9. The first-order valence-electron chi connectivity index (χ1n) is 7.95. The standard InChI is InChI=1S/C16H28N4O3/c1-5-6-11-17-14(21)20-12-9-7-8-10-13(2)18-16(20,3)19-15(22)23-4/h7,9,18H,2,5-6,8,10-12H2,1,3-4H3,(H,17,21)(H,19,22)/b9-7-. The molecule has 0 radical (unpaired) electrons. The van der Waals surface area contributed by atoms with Crippen LogP contribution in [0.15, 0.2) is 24.4 Å². The fourth-order valence-corrected chi connectivity index (χ4v) is 2.31. The Morgan fingerprint density at radius 1 is 1.48 bits per heavy atom. The number of alkyl carbamates (subject to hydrolysis) is 1. The van der Waals surface area contributed by atoms with Crippen molar-refractivity contribution in [1.82, 2.24) is 20.9 Å². The first-order chi connectivity index (χ1) is 10.9. The molecule has 0 bridgehead atoms. The molecule has 7 nitrogen and oxygen atoms in total. The lowest BCUT2D eigenvalue weighted by molar-refractivity contribution is 0.0762. The van der Waals surface area contributed by atoms with Gasteiger partial charge in [-0.3, -0.25) is 10.2 Å². The third-order valence-corrected chi connectivity index (χ3v) is 3.61. The number of nitrogens with one attached hydrogen (secondary N) is 3. The highest BCUT2D eigenvalue weighted by Gasteiger charge is 2.37. The molecule has 1 aliphatic rings. The van der Waals surface area contributed by atoms with E-state index in [1.807, 2.05) is 12.2 Å². The van der Waals surface area contributed by atoms with E-state index in [2.05, 4.69) is 34.2 Å². The highest BCUT2D eigenvalue weighted by atomic mass is 16.5. The molecule has 0 spiro atoms. The van der Waals surface area contributed by atoms with Gasteiger partial charge in [0.1, 0.15) is 0 Å². The predicted octanol–water partition coefficient (Wildman–Crippen LogP) is 2.28. The number of ether oxygens (including phenoxy) is 1. The quantitative estimate of drug-likeness (QED) is 0.547. The zero-order valence-corrected chi connectivity index (χ0v) is 14.3. The van der Waals surface area contributed by atoms with Gasteiger partial charge in [-0.1, -0.05) is 32.1 Å². The Morgan fingerprint density at radius 2 is 2.22 bits per heavy atom.